The molecule has 2 atom stereocenters. The Morgan fingerprint density at radius 1 is 1.04 bits per heavy atom. The van der Waals surface area contributed by atoms with Crippen molar-refractivity contribution in [1.82, 2.24) is 34.2 Å². The van der Waals surface area contributed by atoms with Crippen molar-refractivity contribution in [2.45, 2.75) is 25.4 Å². The summed E-state index contributed by atoms with van der Waals surface area (Å²) in [5.41, 5.74) is 8.43. The molecule has 9 heteroatoms. The van der Waals surface area contributed by atoms with Gasteiger partial charge in [-0.2, -0.15) is 0 Å². The van der Waals surface area contributed by atoms with Crippen LogP contribution in [0, 0.1) is 5.92 Å². The average molecular weight is 378 g/mol. The number of nitrogens with two attached hydrogens (primary N) is 1. The summed E-state index contributed by atoms with van der Waals surface area (Å²) < 4.78 is 3.95. The maximum absolute atomic E-state index is 12.8. The van der Waals surface area contributed by atoms with Gasteiger partial charge < -0.3 is 19.8 Å². The molecule has 0 saturated carbocycles. The number of nitrogens with zero attached hydrogens (tertiary/aromatic N) is 7. The van der Waals surface area contributed by atoms with E-state index in [1.807, 2.05) is 9.13 Å². The van der Waals surface area contributed by atoms with Crippen LogP contribution in [0.15, 0.2) is 42.0 Å². The van der Waals surface area contributed by atoms with Crippen LogP contribution in [0.2, 0.25) is 0 Å². The maximum atomic E-state index is 12.8. The molecule has 0 aromatic carbocycles. The minimum Gasteiger partial charge on any atom is -0.384 e. The fraction of sp³-hybridized carbons (Fsp3) is 0.421. The van der Waals surface area contributed by atoms with Gasteiger partial charge >= 0.3 is 0 Å². The Labute approximate surface area is 161 Å². The fourth-order valence-electron chi connectivity index (χ4n) is 4.51. The van der Waals surface area contributed by atoms with Gasteiger partial charge in [0.25, 0.3) is 5.56 Å². The first kappa shape index (κ1) is 17.1. The first-order valence-corrected chi connectivity index (χ1v) is 9.53. The van der Waals surface area contributed by atoms with Crippen molar-refractivity contribution >= 4 is 5.82 Å². The average Bonchev–Trinajstić information content (AvgIpc) is 3.21. The first-order valence-electron chi connectivity index (χ1n) is 9.53. The highest BCUT2D eigenvalue weighted by Crippen LogP contribution is 2.36. The first-order chi connectivity index (χ1) is 13.7. The van der Waals surface area contributed by atoms with Gasteiger partial charge in [-0.15, -0.1) is 10.2 Å². The molecule has 1 fully saturated rings. The Bertz CT molecular complexity index is 1040. The van der Waals surface area contributed by atoms with E-state index in [-0.39, 0.29) is 5.56 Å². The van der Waals surface area contributed by atoms with Crippen LogP contribution >= 0.6 is 0 Å². The number of anilines is 1. The molecule has 9 nitrogen and oxygen atoms in total. The molecule has 2 N–H and O–H groups in total. The number of nitrogen functional groups attached to an aromatic ring is 1. The van der Waals surface area contributed by atoms with E-state index in [1.165, 1.54) is 6.33 Å². The monoisotopic (exact) mass is 378 g/mol. The lowest BCUT2D eigenvalue weighted by Crippen LogP contribution is -2.47. The minimum absolute atomic E-state index is 0.0392. The highest BCUT2D eigenvalue weighted by Gasteiger charge is 2.34. The molecule has 28 heavy (non-hydrogen) atoms. The van der Waals surface area contributed by atoms with Crippen molar-refractivity contribution in [1.29, 1.82) is 0 Å². The van der Waals surface area contributed by atoms with E-state index in [0.717, 1.165) is 50.4 Å². The van der Waals surface area contributed by atoms with Crippen LogP contribution in [0.3, 0.4) is 0 Å². The number of piperidine rings is 1. The van der Waals surface area contributed by atoms with E-state index in [0.29, 0.717) is 23.3 Å². The third kappa shape index (κ3) is 3.18. The summed E-state index contributed by atoms with van der Waals surface area (Å²) in [7, 11) is 0. The van der Waals surface area contributed by atoms with Gasteiger partial charge in [0.05, 0.1) is 5.69 Å². The molecule has 3 aromatic rings. The van der Waals surface area contributed by atoms with Crippen LogP contribution in [0.4, 0.5) is 5.82 Å². The molecule has 2 aliphatic heterocycles. The fourth-order valence-corrected chi connectivity index (χ4v) is 4.51. The molecule has 1 saturated heterocycles. The van der Waals surface area contributed by atoms with E-state index in [4.69, 9.17) is 5.73 Å². The lowest BCUT2D eigenvalue weighted by molar-refractivity contribution is 0.117. The number of hydrogen-bond donors (Lipinski definition) is 1. The predicted molar refractivity (Wildman–Crippen MR) is 103 cm³/mol. The van der Waals surface area contributed by atoms with E-state index in [9.17, 15) is 4.79 Å². The Hall–Kier alpha value is -3.07. The van der Waals surface area contributed by atoms with Crippen LogP contribution in [0.1, 0.15) is 18.0 Å². The van der Waals surface area contributed by atoms with Gasteiger partial charge in [0.15, 0.2) is 0 Å². The van der Waals surface area contributed by atoms with E-state index >= 15 is 0 Å². The van der Waals surface area contributed by atoms with Gasteiger partial charge in [-0.3, -0.25) is 4.79 Å². The topological polar surface area (TPSA) is 108 Å². The lowest BCUT2D eigenvalue weighted by atomic mass is 9.82. The standard InChI is InChI=1S/C19H22N8O/c20-18-6-16(21-10-22-18)14-4-17-15-3-13(8-27(17)19(28)5-14)7-25(9-15)1-2-26-11-23-24-12-26/h4-6,10-13,15H,1-3,7-9H2,(H2,20,21,22)/t13-,15+/m0/s1. The molecular formula is C19H22N8O. The molecule has 5 rings (SSSR count). The normalized spacial score (nSPS) is 21.4. The third-order valence-corrected chi connectivity index (χ3v) is 5.76. The number of hydrogen-bond acceptors (Lipinski definition) is 7. The molecule has 0 aliphatic carbocycles. The molecule has 0 unspecified atom stereocenters. The van der Waals surface area contributed by atoms with Gasteiger partial charge in [0.1, 0.15) is 24.8 Å². The van der Waals surface area contributed by atoms with Gasteiger partial charge in [-0.1, -0.05) is 0 Å². The van der Waals surface area contributed by atoms with E-state index < -0.39 is 0 Å². The summed E-state index contributed by atoms with van der Waals surface area (Å²) in [5.74, 6) is 1.26. The second-order valence-corrected chi connectivity index (χ2v) is 7.70. The van der Waals surface area contributed by atoms with Crippen molar-refractivity contribution in [3.63, 3.8) is 0 Å². The highest BCUT2D eigenvalue weighted by molar-refractivity contribution is 5.61. The summed E-state index contributed by atoms with van der Waals surface area (Å²) in [5, 5.41) is 7.73. The molecule has 0 amide bonds. The van der Waals surface area contributed by atoms with Crippen LogP contribution in [0.25, 0.3) is 11.3 Å². The van der Waals surface area contributed by atoms with E-state index in [1.54, 1.807) is 24.8 Å². The van der Waals surface area contributed by atoms with Gasteiger partial charge in [-0.05, 0) is 18.4 Å². The smallest absolute Gasteiger partial charge is 0.251 e. The quantitative estimate of drug-likeness (QED) is 0.708. The maximum Gasteiger partial charge on any atom is 0.251 e. The van der Waals surface area contributed by atoms with Crippen LogP contribution in [-0.2, 0) is 13.1 Å². The Balaban J connectivity index is 1.42. The number of pyridine rings is 1. The van der Waals surface area contributed by atoms with Crippen LogP contribution < -0.4 is 11.3 Å². The summed E-state index contributed by atoms with van der Waals surface area (Å²) in [6.07, 6.45) is 6.06. The van der Waals surface area contributed by atoms with Crippen molar-refractivity contribution in [3.8, 4) is 11.3 Å². The SMILES string of the molecule is Nc1cc(-c2cc3n(c(=O)c2)C[C@H]2C[C@@H]3CN(CCn3cnnc3)C2)ncn1. The molecule has 2 bridgehead atoms. The number of fused-ring (bicyclic) bond motifs is 4. The minimum atomic E-state index is 0.0392. The molecular weight excluding hydrogens is 356 g/mol. The van der Waals surface area contributed by atoms with Crippen molar-refractivity contribution in [3.05, 3.63) is 53.2 Å². The van der Waals surface area contributed by atoms with Gasteiger partial charge in [0, 0.05) is 62.0 Å². The zero-order chi connectivity index (χ0) is 19.1. The second-order valence-electron chi connectivity index (χ2n) is 7.70. The van der Waals surface area contributed by atoms with Crippen molar-refractivity contribution in [2.75, 3.05) is 25.4 Å². The number of rotatable bonds is 4. The van der Waals surface area contributed by atoms with Gasteiger partial charge in [0.2, 0.25) is 0 Å². The molecule has 0 radical (unpaired) electrons. The molecule has 5 heterocycles. The third-order valence-electron chi connectivity index (χ3n) is 5.76. The molecule has 0 spiro atoms. The summed E-state index contributed by atoms with van der Waals surface area (Å²) in [6.45, 7) is 4.58. The van der Waals surface area contributed by atoms with Crippen molar-refractivity contribution < 1.29 is 0 Å². The van der Waals surface area contributed by atoms with Gasteiger partial charge in [-0.25, -0.2) is 9.97 Å². The second kappa shape index (κ2) is 6.83. The van der Waals surface area contributed by atoms with E-state index in [2.05, 4.69) is 31.1 Å². The number of aromatic nitrogens is 6. The summed E-state index contributed by atoms with van der Waals surface area (Å²) >= 11 is 0. The zero-order valence-electron chi connectivity index (χ0n) is 15.5. The lowest BCUT2D eigenvalue weighted by Gasteiger charge is -2.43. The largest absolute Gasteiger partial charge is 0.384 e. The Morgan fingerprint density at radius 2 is 1.89 bits per heavy atom. The number of likely N-dealkylation sites (tertiary alicyclic amines) is 1. The molecule has 144 valence electrons. The highest BCUT2D eigenvalue weighted by atomic mass is 16.1. The Morgan fingerprint density at radius 3 is 2.71 bits per heavy atom. The molecule has 3 aromatic heterocycles. The van der Waals surface area contributed by atoms with Crippen molar-refractivity contribution in [2.24, 2.45) is 5.92 Å². The Kier molecular flexibility index (Phi) is 4.16. The summed E-state index contributed by atoms with van der Waals surface area (Å²) in [6, 6.07) is 5.48. The molecule has 2 aliphatic rings. The summed E-state index contributed by atoms with van der Waals surface area (Å²) in [4.78, 5) is 23.5. The zero-order valence-corrected chi connectivity index (χ0v) is 15.5. The van der Waals surface area contributed by atoms with Crippen LogP contribution in [-0.4, -0.2) is 53.8 Å². The predicted octanol–water partition coefficient (Wildman–Crippen LogP) is 0.598. The van der Waals surface area contributed by atoms with Crippen LogP contribution in [0.5, 0.6) is 0 Å².